The first-order valence-corrected chi connectivity index (χ1v) is 10.0. The number of aliphatic imine (C=N–C) groups is 1. The van der Waals surface area contributed by atoms with Crippen LogP contribution in [0.2, 0.25) is 0 Å². The zero-order chi connectivity index (χ0) is 19.7. The molecule has 1 aromatic carbocycles. The predicted octanol–water partition coefficient (Wildman–Crippen LogP) is 0.762. The third-order valence-electron chi connectivity index (χ3n) is 5.71. The number of nitrogens with zero attached hydrogens (tertiary/aromatic N) is 5. The number of amides is 3. The van der Waals surface area contributed by atoms with Gasteiger partial charge in [0, 0.05) is 46.3 Å². The smallest absolute Gasteiger partial charge is 0.325 e. The van der Waals surface area contributed by atoms with Crippen molar-refractivity contribution in [2.75, 3.05) is 39.8 Å². The Bertz CT molecular complexity index is 759. The zero-order valence-electron chi connectivity index (χ0n) is 16.5. The van der Waals surface area contributed by atoms with Gasteiger partial charge < -0.3 is 14.7 Å². The van der Waals surface area contributed by atoms with Gasteiger partial charge >= 0.3 is 6.03 Å². The number of hydrogen-bond acceptors (Lipinski definition) is 6. The number of likely N-dealkylation sites (N-methyl/N-ethyl adjacent to an activating group) is 1. The molecular formula is C20H28N6O2. The molecule has 8 heteroatoms. The predicted molar refractivity (Wildman–Crippen MR) is 107 cm³/mol. The van der Waals surface area contributed by atoms with E-state index in [4.69, 9.17) is 4.99 Å². The number of piperazine rings is 1. The van der Waals surface area contributed by atoms with Gasteiger partial charge in [-0.2, -0.15) is 0 Å². The molecule has 0 spiro atoms. The Kier molecular flexibility index (Phi) is 5.21. The summed E-state index contributed by atoms with van der Waals surface area (Å²) in [6, 6.07) is 9.71. The third kappa shape index (κ3) is 3.44. The maximum absolute atomic E-state index is 12.5. The minimum Gasteiger partial charge on any atom is -0.340 e. The summed E-state index contributed by atoms with van der Waals surface area (Å²) in [5, 5.41) is 2.45. The Morgan fingerprint density at radius 3 is 2.50 bits per heavy atom. The van der Waals surface area contributed by atoms with E-state index in [-0.39, 0.29) is 11.9 Å². The maximum Gasteiger partial charge on any atom is 0.325 e. The standard InChI is InChI=1S/C20H28N6O2/c1-3-9-26-16-17(23(2)20(28)22-18(16)27)21-19(26)25-12-10-24(11-13-25)14-15-7-5-4-6-8-15/h4-8,16-17H,3,9-14H2,1-2H3,(H,22,27,28). The van der Waals surface area contributed by atoms with Gasteiger partial charge in [0.25, 0.3) is 5.91 Å². The van der Waals surface area contributed by atoms with Crippen molar-refractivity contribution in [1.82, 2.24) is 24.9 Å². The number of carbonyl (C=O) groups excluding carboxylic acids is 2. The van der Waals surface area contributed by atoms with Gasteiger partial charge in [-0.25, -0.2) is 9.79 Å². The van der Waals surface area contributed by atoms with Gasteiger partial charge in [-0.3, -0.25) is 15.0 Å². The molecule has 2 atom stereocenters. The van der Waals surface area contributed by atoms with E-state index in [9.17, 15) is 9.59 Å². The number of benzene rings is 1. The van der Waals surface area contributed by atoms with Gasteiger partial charge in [-0.1, -0.05) is 37.3 Å². The van der Waals surface area contributed by atoms with Gasteiger partial charge in [-0.15, -0.1) is 0 Å². The molecule has 3 heterocycles. The number of nitrogens with one attached hydrogen (secondary N) is 1. The molecule has 8 nitrogen and oxygen atoms in total. The highest BCUT2D eigenvalue weighted by molar-refractivity contribution is 6.03. The highest BCUT2D eigenvalue weighted by atomic mass is 16.2. The van der Waals surface area contributed by atoms with E-state index < -0.39 is 12.2 Å². The van der Waals surface area contributed by atoms with E-state index in [2.05, 4.69) is 51.2 Å². The fourth-order valence-electron chi connectivity index (χ4n) is 4.20. The monoisotopic (exact) mass is 384 g/mol. The molecule has 0 radical (unpaired) electrons. The molecule has 0 bridgehead atoms. The second-order valence-corrected chi connectivity index (χ2v) is 7.64. The minimum atomic E-state index is -0.440. The van der Waals surface area contributed by atoms with Crippen LogP contribution in [-0.4, -0.2) is 89.5 Å². The second kappa shape index (κ2) is 7.79. The van der Waals surface area contributed by atoms with Gasteiger partial charge in [-0.05, 0) is 12.0 Å². The normalized spacial score (nSPS) is 25.6. The summed E-state index contributed by atoms with van der Waals surface area (Å²) in [6.07, 6.45) is 0.478. The molecule has 0 saturated carbocycles. The number of guanidine groups is 1. The highest BCUT2D eigenvalue weighted by Crippen LogP contribution is 2.26. The van der Waals surface area contributed by atoms with Crippen molar-refractivity contribution in [3.63, 3.8) is 0 Å². The van der Waals surface area contributed by atoms with E-state index in [1.54, 1.807) is 7.05 Å². The maximum atomic E-state index is 12.5. The molecule has 0 aromatic heterocycles. The highest BCUT2D eigenvalue weighted by Gasteiger charge is 2.49. The number of urea groups is 1. The molecule has 2 fully saturated rings. The summed E-state index contributed by atoms with van der Waals surface area (Å²) >= 11 is 0. The first-order valence-electron chi connectivity index (χ1n) is 10.0. The molecule has 28 heavy (non-hydrogen) atoms. The van der Waals surface area contributed by atoms with Crippen molar-refractivity contribution in [2.24, 2.45) is 4.99 Å². The lowest BCUT2D eigenvalue weighted by Crippen LogP contribution is -2.64. The molecule has 0 aliphatic carbocycles. The number of hydrogen-bond donors (Lipinski definition) is 1. The summed E-state index contributed by atoms with van der Waals surface area (Å²) in [5.41, 5.74) is 1.32. The van der Waals surface area contributed by atoms with Crippen LogP contribution in [0, 0.1) is 0 Å². The lowest BCUT2D eigenvalue weighted by Gasteiger charge is -2.40. The molecule has 1 aromatic rings. The van der Waals surface area contributed by atoms with Crippen molar-refractivity contribution < 1.29 is 9.59 Å². The average molecular weight is 384 g/mol. The van der Waals surface area contributed by atoms with E-state index in [0.717, 1.165) is 51.6 Å². The van der Waals surface area contributed by atoms with Crippen molar-refractivity contribution in [2.45, 2.75) is 32.1 Å². The SMILES string of the molecule is CCCN1C(N2CCN(Cc3ccccc3)CC2)=NC2C1C(=O)NC(=O)N2C. The van der Waals surface area contributed by atoms with Crippen molar-refractivity contribution in [3.8, 4) is 0 Å². The van der Waals surface area contributed by atoms with Crippen LogP contribution < -0.4 is 5.32 Å². The van der Waals surface area contributed by atoms with Crippen LogP contribution in [0.1, 0.15) is 18.9 Å². The molecule has 3 aliphatic rings. The third-order valence-corrected chi connectivity index (χ3v) is 5.71. The van der Waals surface area contributed by atoms with Crippen LogP contribution in [0.3, 0.4) is 0 Å². The van der Waals surface area contributed by atoms with Crippen molar-refractivity contribution in [1.29, 1.82) is 0 Å². The zero-order valence-corrected chi connectivity index (χ0v) is 16.5. The lowest BCUT2D eigenvalue weighted by atomic mass is 10.1. The number of rotatable bonds is 4. The van der Waals surface area contributed by atoms with Gasteiger partial charge in [0.2, 0.25) is 0 Å². The molecule has 3 amide bonds. The van der Waals surface area contributed by atoms with E-state index >= 15 is 0 Å². The van der Waals surface area contributed by atoms with Gasteiger partial charge in [0.05, 0.1) is 0 Å². The van der Waals surface area contributed by atoms with E-state index in [1.165, 1.54) is 10.5 Å². The summed E-state index contributed by atoms with van der Waals surface area (Å²) < 4.78 is 0. The molecule has 2 unspecified atom stereocenters. The Morgan fingerprint density at radius 1 is 1.11 bits per heavy atom. The quantitative estimate of drug-likeness (QED) is 0.830. The van der Waals surface area contributed by atoms with Gasteiger partial charge in [0.15, 0.2) is 18.2 Å². The summed E-state index contributed by atoms with van der Waals surface area (Å²) in [4.78, 5) is 37.6. The Labute approximate surface area is 165 Å². The molecule has 2 saturated heterocycles. The Morgan fingerprint density at radius 2 is 1.82 bits per heavy atom. The first-order chi connectivity index (χ1) is 13.6. The largest absolute Gasteiger partial charge is 0.340 e. The Balaban J connectivity index is 1.46. The minimum absolute atomic E-state index is 0.247. The number of carbonyl (C=O) groups is 2. The first kappa shape index (κ1) is 18.7. The van der Waals surface area contributed by atoms with Crippen LogP contribution >= 0.6 is 0 Å². The van der Waals surface area contributed by atoms with E-state index in [1.807, 2.05) is 6.07 Å². The molecule has 150 valence electrons. The van der Waals surface area contributed by atoms with Crippen LogP contribution in [0.5, 0.6) is 0 Å². The second-order valence-electron chi connectivity index (χ2n) is 7.64. The average Bonchev–Trinajstić information content (AvgIpc) is 3.08. The fraction of sp³-hybridized carbons (Fsp3) is 0.550. The summed E-state index contributed by atoms with van der Waals surface area (Å²) in [7, 11) is 1.70. The van der Waals surface area contributed by atoms with Crippen LogP contribution in [0.15, 0.2) is 35.3 Å². The molecule has 4 rings (SSSR count). The summed E-state index contributed by atoms with van der Waals surface area (Å²) in [5.74, 6) is 0.607. The molecular weight excluding hydrogens is 356 g/mol. The lowest BCUT2D eigenvalue weighted by molar-refractivity contribution is -0.127. The van der Waals surface area contributed by atoms with Crippen molar-refractivity contribution in [3.05, 3.63) is 35.9 Å². The van der Waals surface area contributed by atoms with Crippen LogP contribution in [0.4, 0.5) is 4.79 Å². The number of imide groups is 1. The van der Waals surface area contributed by atoms with E-state index in [0.29, 0.717) is 0 Å². The number of fused-ring (bicyclic) bond motifs is 1. The van der Waals surface area contributed by atoms with Gasteiger partial charge in [0.1, 0.15) is 0 Å². The molecule has 1 N–H and O–H groups in total. The summed E-state index contributed by atoms with van der Waals surface area (Å²) in [6.45, 7) is 7.42. The van der Waals surface area contributed by atoms with Crippen molar-refractivity contribution >= 4 is 17.9 Å². The Hall–Kier alpha value is -2.61. The van der Waals surface area contributed by atoms with Crippen LogP contribution in [-0.2, 0) is 11.3 Å². The fourth-order valence-corrected chi connectivity index (χ4v) is 4.20. The molecule has 3 aliphatic heterocycles. The van der Waals surface area contributed by atoms with Crippen LogP contribution in [0.25, 0.3) is 0 Å². The topological polar surface area (TPSA) is 71.5 Å².